The summed E-state index contributed by atoms with van der Waals surface area (Å²) in [5.41, 5.74) is 3.26. The van der Waals surface area contributed by atoms with E-state index in [0.717, 1.165) is 51.2 Å². The van der Waals surface area contributed by atoms with Crippen LogP contribution in [0.2, 0.25) is 5.02 Å². The number of ether oxygens (including phenoxy) is 3. The smallest absolute Gasteiger partial charge is 0.337 e. The van der Waals surface area contributed by atoms with Crippen molar-refractivity contribution in [3.8, 4) is 22.6 Å². The van der Waals surface area contributed by atoms with Crippen LogP contribution in [0.25, 0.3) is 21.9 Å². The highest BCUT2D eigenvalue weighted by atomic mass is 35.5. The van der Waals surface area contributed by atoms with Gasteiger partial charge in [0, 0.05) is 23.6 Å². The molecule has 4 aliphatic rings. The first kappa shape index (κ1) is 24.6. The van der Waals surface area contributed by atoms with Crippen LogP contribution in [0, 0.1) is 17.8 Å². The van der Waals surface area contributed by atoms with Gasteiger partial charge in [0.15, 0.2) is 0 Å². The second-order valence-electron chi connectivity index (χ2n) is 11.3. The number of rotatable bonds is 8. The zero-order valence-corrected chi connectivity index (χ0v) is 22.1. The third-order valence-corrected chi connectivity index (χ3v) is 9.25. The molecule has 0 aromatic heterocycles. The van der Waals surface area contributed by atoms with Crippen molar-refractivity contribution in [3.63, 3.8) is 0 Å². The van der Waals surface area contributed by atoms with Crippen molar-refractivity contribution in [2.75, 3.05) is 27.4 Å². The van der Waals surface area contributed by atoms with Gasteiger partial charge in [0.2, 0.25) is 0 Å². The minimum absolute atomic E-state index is 0.0899. The molecule has 0 amide bonds. The Morgan fingerprint density at radius 3 is 2.27 bits per heavy atom. The molecule has 0 heterocycles. The van der Waals surface area contributed by atoms with Crippen LogP contribution in [0.5, 0.6) is 11.5 Å². The van der Waals surface area contributed by atoms with Crippen molar-refractivity contribution in [1.82, 2.24) is 0 Å². The average Bonchev–Trinajstić information content (AvgIpc) is 2.86. The summed E-state index contributed by atoms with van der Waals surface area (Å²) in [6, 6.07) is 13.6. The van der Waals surface area contributed by atoms with Gasteiger partial charge in [0.1, 0.15) is 18.1 Å². The number of carbonyl (C=O) groups is 1. The molecule has 0 spiro atoms. The van der Waals surface area contributed by atoms with E-state index in [0.29, 0.717) is 13.2 Å². The Labute approximate surface area is 222 Å². The number of aromatic carboxylic acids is 1. The minimum atomic E-state index is -1.04. The van der Waals surface area contributed by atoms with Gasteiger partial charge in [-0.3, -0.25) is 0 Å². The second-order valence-corrected chi connectivity index (χ2v) is 11.7. The molecule has 5 nitrogen and oxygen atoms in total. The van der Waals surface area contributed by atoms with Crippen molar-refractivity contribution in [2.45, 2.75) is 43.9 Å². The molecule has 194 valence electrons. The Morgan fingerprint density at radius 2 is 1.68 bits per heavy atom. The monoisotopic (exact) mass is 520 g/mol. The summed E-state index contributed by atoms with van der Waals surface area (Å²) in [4.78, 5) is 11.5. The summed E-state index contributed by atoms with van der Waals surface area (Å²) in [5.74, 6) is 3.15. The first-order valence-electron chi connectivity index (χ1n) is 13.2. The molecule has 6 heteroatoms. The molecule has 7 rings (SSSR count). The molecule has 0 unspecified atom stereocenters. The van der Waals surface area contributed by atoms with Crippen molar-refractivity contribution < 1.29 is 24.1 Å². The fraction of sp³-hybridized carbons (Fsp3) is 0.452. The van der Waals surface area contributed by atoms with E-state index in [-0.39, 0.29) is 16.0 Å². The van der Waals surface area contributed by atoms with Gasteiger partial charge in [0.05, 0.1) is 24.3 Å². The largest absolute Gasteiger partial charge is 0.495 e. The van der Waals surface area contributed by atoms with Crippen molar-refractivity contribution in [1.29, 1.82) is 0 Å². The third-order valence-electron chi connectivity index (χ3n) is 8.94. The number of carboxylic acid groups (broad SMARTS) is 1. The number of fused-ring (bicyclic) bond motifs is 1. The summed E-state index contributed by atoms with van der Waals surface area (Å²) in [6.45, 7) is 1.07. The number of halogens is 1. The van der Waals surface area contributed by atoms with Crippen LogP contribution in [0.3, 0.4) is 0 Å². The average molecular weight is 521 g/mol. The summed E-state index contributed by atoms with van der Waals surface area (Å²) in [7, 11) is 3.39. The summed E-state index contributed by atoms with van der Waals surface area (Å²) < 4.78 is 17.7. The highest BCUT2D eigenvalue weighted by molar-refractivity contribution is 6.33. The van der Waals surface area contributed by atoms with E-state index in [1.165, 1.54) is 44.1 Å². The van der Waals surface area contributed by atoms with E-state index in [1.807, 2.05) is 6.07 Å². The molecular weight excluding hydrogens is 488 g/mol. The Hall–Kier alpha value is -2.76. The SMILES string of the molecule is COCCOc1cc2ccc(-c3ccc(C(=O)O)c(Cl)c3)c(OC)c2cc1C12CC3CC(CC(C3)C1)C2. The number of hydrogen-bond donors (Lipinski definition) is 1. The predicted octanol–water partition coefficient (Wildman–Crippen LogP) is 7.36. The van der Waals surface area contributed by atoms with Crippen LogP contribution in [-0.4, -0.2) is 38.5 Å². The molecule has 37 heavy (non-hydrogen) atoms. The normalized spacial score (nSPS) is 26.0. The van der Waals surface area contributed by atoms with Gasteiger partial charge in [-0.05, 0) is 96.9 Å². The lowest BCUT2D eigenvalue weighted by molar-refractivity contribution is -0.00653. The number of benzene rings is 3. The topological polar surface area (TPSA) is 65.0 Å². The second kappa shape index (κ2) is 9.52. The molecule has 4 fully saturated rings. The van der Waals surface area contributed by atoms with Crippen LogP contribution in [0.1, 0.15) is 54.4 Å². The van der Waals surface area contributed by atoms with Crippen LogP contribution in [-0.2, 0) is 10.2 Å². The van der Waals surface area contributed by atoms with Crippen LogP contribution < -0.4 is 9.47 Å². The van der Waals surface area contributed by atoms with E-state index in [4.69, 9.17) is 25.8 Å². The fourth-order valence-electron chi connectivity index (χ4n) is 7.84. The molecule has 0 saturated heterocycles. The quantitative estimate of drug-likeness (QED) is 0.314. The first-order valence-corrected chi connectivity index (χ1v) is 13.6. The molecule has 0 atom stereocenters. The van der Waals surface area contributed by atoms with Gasteiger partial charge in [-0.2, -0.15) is 0 Å². The number of carboxylic acids is 1. The maximum absolute atomic E-state index is 11.5. The van der Waals surface area contributed by atoms with E-state index in [1.54, 1.807) is 32.4 Å². The summed E-state index contributed by atoms with van der Waals surface area (Å²) in [6.07, 6.45) is 7.85. The standard InChI is InChI=1S/C31H33ClO5/c1-35-7-8-37-28-13-22-3-5-23(21-4-6-24(30(33)34)27(32)12-21)29(36-2)25(22)14-26(28)31-15-18-9-19(16-31)11-20(10-18)17-31/h3-6,12-14,18-20H,7-11,15-17H2,1-2H3,(H,33,34). The van der Waals surface area contributed by atoms with Gasteiger partial charge in [0.25, 0.3) is 0 Å². The van der Waals surface area contributed by atoms with Crippen molar-refractivity contribution in [3.05, 3.63) is 58.6 Å². The Kier molecular flexibility index (Phi) is 6.32. The lowest BCUT2D eigenvalue weighted by atomic mass is 9.48. The highest BCUT2D eigenvalue weighted by Gasteiger charge is 2.52. The Balaban J connectivity index is 1.50. The van der Waals surface area contributed by atoms with Gasteiger partial charge in [-0.25, -0.2) is 4.79 Å². The van der Waals surface area contributed by atoms with Gasteiger partial charge in [-0.15, -0.1) is 0 Å². The van der Waals surface area contributed by atoms with Crippen LogP contribution in [0.15, 0.2) is 42.5 Å². The maximum atomic E-state index is 11.5. The molecule has 1 N–H and O–H groups in total. The number of methoxy groups -OCH3 is 2. The Bertz CT molecular complexity index is 1330. The van der Waals surface area contributed by atoms with Gasteiger partial charge < -0.3 is 19.3 Å². The first-order chi connectivity index (χ1) is 17.9. The molecular formula is C31H33ClO5. The van der Waals surface area contributed by atoms with E-state index in [2.05, 4.69) is 18.2 Å². The zero-order chi connectivity index (χ0) is 25.7. The lowest BCUT2D eigenvalue weighted by Gasteiger charge is -2.57. The van der Waals surface area contributed by atoms with E-state index >= 15 is 0 Å². The molecule has 4 saturated carbocycles. The van der Waals surface area contributed by atoms with Crippen LogP contribution in [0.4, 0.5) is 0 Å². The summed E-state index contributed by atoms with van der Waals surface area (Å²) in [5, 5.41) is 11.7. The summed E-state index contributed by atoms with van der Waals surface area (Å²) >= 11 is 6.32. The molecule has 3 aromatic carbocycles. The number of hydrogen-bond acceptors (Lipinski definition) is 4. The highest BCUT2D eigenvalue weighted by Crippen LogP contribution is 2.62. The lowest BCUT2D eigenvalue weighted by Crippen LogP contribution is -2.48. The third kappa shape index (κ3) is 4.26. The molecule has 0 aliphatic heterocycles. The fourth-order valence-corrected chi connectivity index (χ4v) is 8.10. The Morgan fingerprint density at radius 1 is 0.973 bits per heavy atom. The minimum Gasteiger partial charge on any atom is -0.495 e. The molecule has 4 bridgehead atoms. The van der Waals surface area contributed by atoms with Gasteiger partial charge in [-0.1, -0.05) is 29.8 Å². The van der Waals surface area contributed by atoms with Gasteiger partial charge >= 0.3 is 5.97 Å². The molecule has 4 aliphatic carbocycles. The zero-order valence-electron chi connectivity index (χ0n) is 21.4. The van der Waals surface area contributed by atoms with Crippen molar-refractivity contribution in [2.24, 2.45) is 17.8 Å². The van der Waals surface area contributed by atoms with Crippen molar-refractivity contribution >= 4 is 28.3 Å². The predicted molar refractivity (Wildman–Crippen MR) is 145 cm³/mol. The van der Waals surface area contributed by atoms with E-state index < -0.39 is 5.97 Å². The van der Waals surface area contributed by atoms with Crippen LogP contribution >= 0.6 is 11.6 Å². The molecule has 0 radical (unpaired) electrons. The maximum Gasteiger partial charge on any atom is 0.337 e. The van der Waals surface area contributed by atoms with E-state index in [9.17, 15) is 9.90 Å². The molecule has 3 aromatic rings.